The molecule has 6 heteroatoms. The highest BCUT2D eigenvalue weighted by molar-refractivity contribution is 7.80. The molecule has 0 amide bonds. The summed E-state index contributed by atoms with van der Waals surface area (Å²) < 4.78 is 26.3. The van der Waals surface area contributed by atoms with Crippen LogP contribution in [-0.4, -0.2) is 25.6 Å². The first-order valence-corrected chi connectivity index (χ1v) is 5.92. The number of hydrogen-bond acceptors (Lipinski definition) is 5. The molecule has 3 rings (SSSR count). The highest BCUT2D eigenvalue weighted by Crippen LogP contribution is 2.60. The first-order valence-electron chi connectivity index (χ1n) is 3.83. The van der Waals surface area contributed by atoms with Gasteiger partial charge < -0.3 is 0 Å². The SMILES string of the molecule is O=P12OCC(CCS)(CO1)CO2. The van der Waals surface area contributed by atoms with Crippen molar-refractivity contribution in [2.24, 2.45) is 5.41 Å². The molecule has 0 N–H and O–H groups in total. The fourth-order valence-electron chi connectivity index (χ4n) is 1.34. The first-order chi connectivity index (χ1) is 5.68. The van der Waals surface area contributed by atoms with Crippen LogP contribution in [-0.2, 0) is 18.1 Å². The zero-order valence-electron chi connectivity index (χ0n) is 6.56. The Bertz CT molecular complexity index is 200. The summed E-state index contributed by atoms with van der Waals surface area (Å²) in [6.45, 7) is 1.43. The highest BCUT2D eigenvalue weighted by atomic mass is 32.1. The van der Waals surface area contributed by atoms with Gasteiger partial charge in [0.15, 0.2) is 0 Å². The van der Waals surface area contributed by atoms with E-state index in [0.717, 1.165) is 12.2 Å². The molecule has 0 aromatic carbocycles. The number of thiol groups is 1. The predicted octanol–water partition coefficient (Wildman–Crippen LogP) is 1.48. The molecule has 0 atom stereocenters. The minimum Gasteiger partial charge on any atom is -0.286 e. The summed E-state index contributed by atoms with van der Waals surface area (Å²) in [7, 11) is -3.12. The molecule has 0 radical (unpaired) electrons. The van der Waals surface area contributed by atoms with E-state index in [1.54, 1.807) is 0 Å². The average molecular weight is 210 g/mol. The van der Waals surface area contributed by atoms with Crippen molar-refractivity contribution in [2.75, 3.05) is 25.6 Å². The Morgan fingerprint density at radius 2 is 1.75 bits per heavy atom. The topological polar surface area (TPSA) is 44.8 Å². The molecular formula is C6H11O4PS. The third-order valence-corrected chi connectivity index (χ3v) is 3.79. The second-order valence-corrected chi connectivity index (χ2v) is 5.36. The van der Waals surface area contributed by atoms with E-state index in [4.69, 9.17) is 13.6 Å². The summed E-state index contributed by atoms with van der Waals surface area (Å²) in [5, 5.41) is 0. The predicted molar refractivity (Wildman–Crippen MR) is 46.4 cm³/mol. The normalized spacial score (nSPS) is 46.4. The molecule has 4 nitrogen and oxygen atoms in total. The van der Waals surface area contributed by atoms with Gasteiger partial charge in [-0.15, -0.1) is 0 Å². The van der Waals surface area contributed by atoms with E-state index < -0.39 is 7.82 Å². The lowest BCUT2D eigenvalue weighted by molar-refractivity contribution is -0.0946. The van der Waals surface area contributed by atoms with E-state index in [1.807, 2.05) is 0 Å². The van der Waals surface area contributed by atoms with Crippen LogP contribution in [0.4, 0.5) is 0 Å². The minimum atomic E-state index is -3.12. The van der Waals surface area contributed by atoms with Crippen LogP contribution < -0.4 is 0 Å². The van der Waals surface area contributed by atoms with Crippen molar-refractivity contribution in [3.8, 4) is 0 Å². The Kier molecular flexibility index (Phi) is 2.25. The van der Waals surface area contributed by atoms with Gasteiger partial charge in [0, 0.05) is 5.41 Å². The van der Waals surface area contributed by atoms with Crippen LogP contribution in [0.3, 0.4) is 0 Å². The largest absolute Gasteiger partial charge is 0.474 e. The van der Waals surface area contributed by atoms with Gasteiger partial charge in [0.05, 0.1) is 19.8 Å². The van der Waals surface area contributed by atoms with Crippen molar-refractivity contribution in [3.63, 3.8) is 0 Å². The van der Waals surface area contributed by atoms with E-state index in [1.165, 1.54) is 0 Å². The lowest BCUT2D eigenvalue weighted by Crippen LogP contribution is -2.44. The van der Waals surface area contributed by atoms with E-state index in [-0.39, 0.29) is 5.41 Å². The molecule has 70 valence electrons. The average Bonchev–Trinajstić information content (AvgIpc) is 2.08. The number of hydrogen-bond donors (Lipinski definition) is 1. The number of rotatable bonds is 2. The maximum atomic E-state index is 11.3. The van der Waals surface area contributed by atoms with Crippen LogP contribution in [0.15, 0.2) is 0 Å². The molecule has 3 aliphatic rings. The summed E-state index contributed by atoms with van der Waals surface area (Å²) in [6, 6.07) is 0. The number of fused-ring (bicyclic) bond motifs is 3. The lowest BCUT2D eigenvalue weighted by Gasteiger charge is -2.43. The van der Waals surface area contributed by atoms with Gasteiger partial charge in [-0.2, -0.15) is 12.6 Å². The molecule has 0 unspecified atom stereocenters. The molecule has 0 spiro atoms. The molecule has 3 fully saturated rings. The van der Waals surface area contributed by atoms with Gasteiger partial charge in [0.2, 0.25) is 0 Å². The van der Waals surface area contributed by atoms with E-state index in [2.05, 4.69) is 12.6 Å². The standard InChI is InChI=1S/C6H11O4PS/c7-11-8-3-6(1-2-12,4-9-11)5-10-11/h12H,1-5H2. The van der Waals surface area contributed by atoms with Gasteiger partial charge in [0.25, 0.3) is 0 Å². The summed E-state index contributed by atoms with van der Waals surface area (Å²) >= 11 is 4.14. The molecule has 3 saturated heterocycles. The molecule has 3 aliphatic heterocycles. The van der Waals surface area contributed by atoms with Crippen LogP contribution in [0.2, 0.25) is 0 Å². The zero-order chi connectivity index (χ0) is 8.66. The smallest absolute Gasteiger partial charge is 0.286 e. The fraction of sp³-hybridized carbons (Fsp3) is 1.00. The van der Waals surface area contributed by atoms with Crippen LogP contribution in [0, 0.1) is 5.41 Å². The molecule has 0 aliphatic carbocycles. The molecule has 3 heterocycles. The Hall–Kier alpha value is 0.460. The van der Waals surface area contributed by atoms with Crippen LogP contribution in [0.1, 0.15) is 6.42 Å². The van der Waals surface area contributed by atoms with Gasteiger partial charge in [-0.1, -0.05) is 0 Å². The van der Waals surface area contributed by atoms with Gasteiger partial charge in [-0.05, 0) is 12.2 Å². The Morgan fingerprint density at radius 1 is 1.25 bits per heavy atom. The Balaban J connectivity index is 2.09. The second kappa shape index (κ2) is 3.00. The maximum absolute atomic E-state index is 11.3. The van der Waals surface area contributed by atoms with Gasteiger partial charge in [0.1, 0.15) is 0 Å². The molecule has 2 bridgehead atoms. The maximum Gasteiger partial charge on any atom is 0.474 e. The van der Waals surface area contributed by atoms with E-state index in [0.29, 0.717) is 19.8 Å². The van der Waals surface area contributed by atoms with E-state index in [9.17, 15) is 4.57 Å². The van der Waals surface area contributed by atoms with Crippen molar-refractivity contribution >= 4 is 20.5 Å². The molecule has 0 aromatic heterocycles. The van der Waals surface area contributed by atoms with Gasteiger partial charge in [-0.25, -0.2) is 4.57 Å². The third-order valence-electron chi connectivity index (χ3n) is 2.23. The third kappa shape index (κ3) is 1.44. The monoisotopic (exact) mass is 210 g/mol. The van der Waals surface area contributed by atoms with Crippen LogP contribution in [0.5, 0.6) is 0 Å². The fourth-order valence-corrected chi connectivity index (χ4v) is 3.33. The number of phosphoric acid groups is 1. The first kappa shape index (κ1) is 9.03. The number of phosphoric ester groups is 1. The van der Waals surface area contributed by atoms with E-state index >= 15 is 0 Å². The van der Waals surface area contributed by atoms with Gasteiger partial charge in [-0.3, -0.25) is 13.6 Å². The molecule has 0 saturated carbocycles. The summed E-state index contributed by atoms with van der Waals surface area (Å²) in [5.41, 5.74) is -0.103. The Morgan fingerprint density at radius 3 is 2.17 bits per heavy atom. The Labute approximate surface area is 76.6 Å². The van der Waals surface area contributed by atoms with Crippen molar-refractivity contribution in [1.82, 2.24) is 0 Å². The quantitative estimate of drug-likeness (QED) is 0.553. The summed E-state index contributed by atoms with van der Waals surface area (Å²) in [5.74, 6) is 0.764. The molecule has 0 aromatic rings. The highest BCUT2D eigenvalue weighted by Gasteiger charge is 2.49. The van der Waals surface area contributed by atoms with Crippen molar-refractivity contribution in [1.29, 1.82) is 0 Å². The lowest BCUT2D eigenvalue weighted by atomic mass is 9.88. The summed E-state index contributed by atoms with van der Waals surface area (Å²) in [6.07, 6.45) is 0.871. The summed E-state index contributed by atoms with van der Waals surface area (Å²) in [4.78, 5) is 0. The van der Waals surface area contributed by atoms with Crippen molar-refractivity contribution in [2.45, 2.75) is 6.42 Å². The van der Waals surface area contributed by atoms with Gasteiger partial charge >= 0.3 is 7.82 Å². The zero-order valence-corrected chi connectivity index (χ0v) is 8.35. The van der Waals surface area contributed by atoms with Crippen LogP contribution in [0.25, 0.3) is 0 Å². The second-order valence-electron chi connectivity index (χ2n) is 3.24. The van der Waals surface area contributed by atoms with Crippen molar-refractivity contribution in [3.05, 3.63) is 0 Å². The minimum absolute atomic E-state index is 0.103. The van der Waals surface area contributed by atoms with Crippen LogP contribution >= 0.6 is 20.5 Å². The molecular weight excluding hydrogens is 199 g/mol. The van der Waals surface area contributed by atoms with Crippen molar-refractivity contribution < 1.29 is 18.1 Å². The molecule has 12 heavy (non-hydrogen) atoms.